The molecule has 1 aliphatic heterocycles. The molecule has 1 saturated heterocycles. The third kappa shape index (κ3) is 2.46. The number of aromatic nitrogens is 1. The van der Waals surface area contributed by atoms with Gasteiger partial charge in [0.05, 0.1) is 27.9 Å². The van der Waals surface area contributed by atoms with Crippen LogP contribution in [-0.4, -0.2) is 38.0 Å². The van der Waals surface area contributed by atoms with Crippen LogP contribution in [0.3, 0.4) is 0 Å². The normalized spacial score (nSPS) is 19.7. The second-order valence-electron chi connectivity index (χ2n) is 3.71. The molecule has 5 nitrogen and oxygen atoms in total. The van der Waals surface area contributed by atoms with E-state index in [0.717, 1.165) is 10.3 Å². The largest absolute Gasteiger partial charge is 0.397 e. The van der Waals surface area contributed by atoms with Gasteiger partial charge in [-0.2, -0.15) is 0 Å². The summed E-state index contributed by atoms with van der Waals surface area (Å²) < 4.78 is 23.4. The minimum atomic E-state index is -2.85. The van der Waals surface area contributed by atoms with E-state index in [9.17, 15) is 8.42 Å². The van der Waals surface area contributed by atoms with Crippen LogP contribution in [0.2, 0.25) is 0 Å². The van der Waals surface area contributed by atoms with E-state index in [2.05, 4.69) is 20.9 Å². The molecule has 0 radical (unpaired) electrons. The lowest BCUT2D eigenvalue weighted by Crippen LogP contribution is -2.40. The Morgan fingerprint density at radius 3 is 2.56 bits per heavy atom. The molecular weight excluding hydrogens is 294 g/mol. The zero-order valence-corrected chi connectivity index (χ0v) is 11.0. The van der Waals surface area contributed by atoms with Gasteiger partial charge in [0, 0.05) is 13.1 Å². The standard InChI is InChI=1S/C9H12BrN3O2S/c10-8-5-7(11)6-12-9(8)13-1-3-16(14,15)4-2-13/h5-6H,1-4,11H2. The van der Waals surface area contributed by atoms with E-state index < -0.39 is 9.84 Å². The Morgan fingerprint density at radius 2 is 2.00 bits per heavy atom. The average Bonchev–Trinajstić information content (AvgIpc) is 2.19. The molecule has 0 aromatic carbocycles. The van der Waals surface area contributed by atoms with Gasteiger partial charge in [0.2, 0.25) is 0 Å². The van der Waals surface area contributed by atoms with E-state index in [1.54, 1.807) is 12.3 Å². The zero-order valence-electron chi connectivity index (χ0n) is 8.56. The molecule has 0 saturated carbocycles. The van der Waals surface area contributed by atoms with E-state index in [1.807, 2.05) is 4.90 Å². The van der Waals surface area contributed by atoms with E-state index in [0.29, 0.717) is 18.8 Å². The van der Waals surface area contributed by atoms with Crippen molar-refractivity contribution in [2.24, 2.45) is 0 Å². The third-order valence-electron chi connectivity index (χ3n) is 2.49. The molecule has 1 aromatic rings. The first-order chi connectivity index (χ1) is 7.48. The van der Waals surface area contributed by atoms with Crippen LogP contribution >= 0.6 is 15.9 Å². The Hall–Kier alpha value is -0.820. The first-order valence-corrected chi connectivity index (χ1v) is 7.46. The van der Waals surface area contributed by atoms with Crippen LogP contribution in [0, 0.1) is 0 Å². The van der Waals surface area contributed by atoms with Gasteiger partial charge in [-0.3, -0.25) is 0 Å². The van der Waals surface area contributed by atoms with Gasteiger partial charge in [-0.25, -0.2) is 13.4 Å². The molecule has 2 heterocycles. The highest BCUT2D eigenvalue weighted by atomic mass is 79.9. The minimum Gasteiger partial charge on any atom is -0.397 e. The molecule has 88 valence electrons. The summed E-state index contributed by atoms with van der Waals surface area (Å²) in [4.78, 5) is 6.16. The monoisotopic (exact) mass is 305 g/mol. The van der Waals surface area contributed by atoms with Crippen molar-refractivity contribution in [2.45, 2.75) is 0 Å². The topological polar surface area (TPSA) is 76.3 Å². The van der Waals surface area contributed by atoms with Gasteiger partial charge in [-0.15, -0.1) is 0 Å². The molecule has 2 rings (SSSR count). The molecule has 16 heavy (non-hydrogen) atoms. The van der Waals surface area contributed by atoms with Crippen molar-refractivity contribution in [2.75, 3.05) is 35.2 Å². The van der Waals surface area contributed by atoms with Crippen LogP contribution in [0.4, 0.5) is 11.5 Å². The van der Waals surface area contributed by atoms with Gasteiger partial charge < -0.3 is 10.6 Å². The summed E-state index contributed by atoms with van der Waals surface area (Å²) >= 11 is 3.38. The number of rotatable bonds is 1. The summed E-state index contributed by atoms with van der Waals surface area (Å²) in [5, 5.41) is 0. The fraction of sp³-hybridized carbons (Fsp3) is 0.444. The van der Waals surface area contributed by atoms with E-state index in [-0.39, 0.29) is 11.5 Å². The van der Waals surface area contributed by atoms with Crippen LogP contribution in [0.25, 0.3) is 0 Å². The lowest BCUT2D eigenvalue weighted by molar-refractivity contribution is 0.586. The van der Waals surface area contributed by atoms with Crippen molar-refractivity contribution in [3.63, 3.8) is 0 Å². The average molecular weight is 306 g/mol. The van der Waals surface area contributed by atoms with Crippen molar-refractivity contribution in [3.8, 4) is 0 Å². The number of nitrogens with zero attached hydrogens (tertiary/aromatic N) is 2. The van der Waals surface area contributed by atoms with Gasteiger partial charge in [-0.05, 0) is 22.0 Å². The molecule has 0 unspecified atom stereocenters. The quantitative estimate of drug-likeness (QED) is 0.825. The number of nitrogens with two attached hydrogens (primary N) is 1. The Kier molecular flexibility index (Phi) is 3.07. The molecule has 0 atom stereocenters. The lowest BCUT2D eigenvalue weighted by Gasteiger charge is -2.28. The molecule has 2 N–H and O–H groups in total. The minimum absolute atomic E-state index is 0.186. The maximum absolute atomic E-state index is 11.3. The maximum Gasteiger partial charge on any atom is 0.153 e. The fourth-order valence-corrected chi connectivity index (χ4v) is 3.42. The molecule has 1 aliphatic rings. The van der Waals surface area contributed by atoms with Crippen molar-refractivity contribution in [1.82, 2.24) is 4.98 Å². The molecule has 0 spiro atoms. The number of pyridine rings is 1. The smallest absolute Gasteiger partial charge is 0.153 e. The number of hydrogen-bond donors (Lipinski definition) is 1. The van der Waals surface area contributed by atoms with Crippen LogP contribution in [0.15, 0.2) is 16.7 Å². The molecule has 0 amide bonds. The number of halogens is 1. The van der Waals surface area contributed by atoms with Gasteiger partial charge >= 0.3 is 0 Å². The predicted octanol–water partition coefficient (Wildman–Crippen LogP) is 0.661. The lowest BCUT2D eigenvalue weighted by atomic mass is 10.4. The van der Waals surface area contributed by atoms with E-state index in [4.69, 9.17) is 5.73 Å². The van der Waals surface area contributed by atoms with Gasteiger partial charge in [0.15, 0.2) is 9.84 Å². The number of anilines is 2. The second kappa shape index (κ2) is 4.21. The third-order valence-corrected chi connectivity index (χ3v) is 4.68. The zero-order chi connectivity index (χ0) is 11.8. The molecule has 0 aliphatic carbocycles. The fourth-order valence-electron chi connectivity index (χ4n) is 1.60. The second-order valence-corrected chi connectivity index (χ2v) is 6.87. The highest BCUT2D eigenvalue weighted by molar-refractivity contribution is 9.10. The highest BCUT2D eigenvalue weighted by Gasteiger charge is 2.23. The SMILES string of the molecule is Nc1cnc(N2CCS(=O)(=O)CC2)c(Br)c1. The van der Waals surface area contributed by atoms with Crippen LogP contribution in [0.1, 0.15) is 0 Å². The molecular formula is C9H12BrN3O2S. The van der Waals surface area contributed by atoms with Gasteiger partial charge in [0.1, 0.15) is 5.82 Å². The Bertz CT molecular complexity index is 489. The summed E-state index contributed by atoms with van der Waals surface area (Å²) in [5.41, 5.74) is 6.18. The van der Waals surface area contributed by atoms with E-state index in [1.165, 1.54) is 0 Å². The first-order valence-electron chi connectivity index (χ1n) is 4.84. The number of sulfone groups is 1. The summed E-state index contributed by atoms with van der Waals surface area (Å²) in [7, 11) is -2.85. The molecule has 7 heteroatoms. The van der Waals surface area contributed by atoms with Gasteiger partial charge in [0.25, 0.3) is 0 Å². The number of nitrogen functional groups attached to an aromatic ring is 1. The van der Waals surface area contributed by atoms with Gasteiger partial charge in [-0.1, -0.05) is 0 Å². The van der Waals surface area contributed by atoms with Crippen molar-refractivity contribution >= 4 is 37.3 Å². The van der Waals surface area contributed by atoms with Crippen molar-refractivity contribution in [1.29, 1.82) is 0 Å². The first kappa shape index (κ1) is 11.7. The summed E-state index contributed by atoms with van der Waals surface area (Å²) in [5.74, 6) is 1.13. The summed E-state index contributed by atoms with van der Waals surface area (Å²) in [6.45, 7) is 0.968. The molecule has 1 aromatic heterocycles. The van der Waals surface area contributed by atoms with E-state index >= 15 is 0 Å². The van der Waals surface area contributed by atoms with Crippen LogP contribution in [-0.2, 0) is 9.84 Å². The van der Waals surface area contributed by atoms with Crippen molar-refractivity contribution in [3.05, 3.63) is 16.7 Å². The highest BCUT2D eigenvalue weighted by Crippen LogP contribution is 2.26. The Labute approximate surface area is 103 Å². The molecule has 0 bridgehead atoms. The van der Waals surface area contributed by atoms with Crippen molar-refractivity contribution < 1.29 is 8.42 Å². The Morgan fingerprint density at radius 1 is 1.38 bits per heavy atom. The predicted molar refractivity (Wildman–Crippen MR) is 67.2 cm³/mol. The van der Waals surface area contributed by atoms with Crippen LogP contribution < -0.4 is 10.6 Å². The maximum atomic E-state index is 11.3. The number of hydrogen-bond acceptors (Lipinski definition) is 5. The summed E-state index contributed by atoms with van der Waals surface area (Å²) in [6.07, 6.45) is 1.57. The Balaban J connectivity index is 2.20. The van der Waals surface area contributed by atoms with Crippen LogP contribution in [0.5, 0.6) is 0 Å². The molecule has 1 fully saturated rings. The summed E-state index contributed by atoms with van der Waals surface area (Å²) in [6, 6.07) is 1.77.